The first-order valence-electron chi connectivity index (χ1n) is 7.32. The van der Waals surface area contributed by atoms with Crippen LogP contribution in [0.15, 0.2) is 63.5 Å². The molecule has 1 aromatic heterocycles. The van der Waals surface area contributed by atoms with E-state index in [1.54, 1.807) is 0 Å². The molecule has 0 radical (unpaired) electrons. The number of rotatable bonds is 1. The molecule has 0 aliphatic carbocycles. The van der Waals surface area contributed by atoms with Crippen LogP contribution in [0.3, 0.4) is 0 Å². The maximum absolute atomic E-state index is 6.15. The quantitative estimate of drug-likeness (QED) is 0.375. The van der Waals surface area contributed by atoms with E-state index in [9.17, 15) is 0 Å². The van der Waals surface area contributed by atoms with E-state index in [1.165, 1.54) is 27.5 Å². The van der Waals surface area contributed by atoms with Gasteiger partial charge >= 0.3 is 0 Å². The van der Waals surface area contributed by atoms with Crippen molar-refractivity contribution in [2.45, 2.75) is 13.8 Å². The van der Waals surface area contributed by atoms with Gasteiger partial charge in [0.25, 0.3) is 0 Å². The predicted molar refractivity (Wildman–Crippen MR) is 96.3 cm³/mol. The molecule has 4 rings (SSSR count). The van der Waals surface area contributed by atoms with Crippen molar-refractivity contribution in [3.63, 3.8) is 0 Å². The van der Waals surface area contributed by atoms with Crippen LogP contribution >= 0.6 is 15.9 Å². The summed E-state index contributed by atoms with van der Waals surface area (Å²) in [5.74, 6) is 0. The normalized spacial score (nSPS) is 11.4. The third-order valence-corrected chi connectivity index (χ3v) is 5.43. The fourth-order valence-corrected chi connectivity index (χ4v) is 3.32. The van der Waals surface area contributed by atoms with Gasteiger partial charge in [-0.2, -0.15) is 0 Å². The summed E-state index contributed by atoms with van der Waals surface area (Å²) in [7, 11) is 0. The van der Waals surface area contributed by atoms with Gasteiger partial charge in [-0.15, -0.1) is 0 Å². The van der Waals surface area contributed by atoms with Gasteiger partial charge in [0, 0.05) is 20.8 Å². The Hall–Kier alpha value is -2.06. The summed E-state index contributed by atoms with van der Waals surface area (Å²) in [5.41, 5.74) is 6.70. The van der Waals surface area contributed by atoms with Gasteiger partial charge in [-0.25, -0.2) is 0 Å². The monoisotopic (exact) mass is 350 g/mol. The van der Waals surface area contributed by atoms with Gasteiger partial charge in [-0.3, -0.25) is 0 Å². The van der Waals surface area contributed by atoms with E-state index in [-0.39, 0.29) is 0 Å². The summed E-state index contributed by atoms with van der Waals surface area (Å²) < 4.78 is 7.28. The van der Waals surface area contributed by atoms with Gasteiger partial charge in [-0.1, -0.05) is 52.3 Å². The largest absolute Gasteiger partial charge is 0.456 e. The van der Waals surface area contributed by atoms with Crippen molar-refractivity contribution in [2.24, 2.45) is 0 Å². The number of fused-ring (bicyclic) bond motifs is 3. The lowest BCUT2D eigenvalue weighted by Gasteiger charge is -2.02. The fraction of sp³-hybridized carbons (Fsp3) is 0.100. The Morgan fingerprint density at radius 3 is 2.36 bits per heavy atom. The van der Waals surface area contributed by atoms with Crippen molar-refractivity contribution in [1.82, 2.24) is 0 Å². The van der Waals surface area contributed by atoms with E-state index >= 15 is 0 Å². The van der Waals surface area contributed by atoms with E-state index in [0.29, 0.717) is 0 Å². The molecule has 0 spiro atoms. The minimum Gasteiger partial charge on any atom is -0.456 e. The molecule has 3 aromatic carbocycles. The van der Waals surface area contributed by atoms with E-state index in [4.69, 9.17) is 4.42 Å². The van der Waals surface area contributed by atoms with Crippen LogP contribution in [-0.2, 0) is 0 Å². The molecule has 0 aliphatic rings. The first kappa shape index (κ1) is 13.6. The lowest BCUT2D eigenvalue weighted by atomic mass is 10.0. The molecule has 1 heterocycles. The van der Waals surface area contributed by atoms with Gasteiger partial charge in [0.15, 0.2) is 0 Å². The zero-order valence-electron chi connectivity index (χ0n) is 12.5. The Morgan fingerprint density at radius 1 is 0.818 bits per heavy atom. The lowest BCUT2D eigenvalue weighted by Crippen LogP contribution is -1.82. The van der Waals surface area contributed by atoms with Crippen LogP contribution in [0.1, 0.15) is 11.1 Å². The number of furan rings is 1. The average Bonchev–Trinajstić information content (AvgIpc) is 2.91. The number of hydrogen-bond acceptors (Lipinski definition) is 1. The molecule has 22 heavy (non-hydrogen) atoms. The van der Waals surface area contributed by atoms with Crippen molar-refractivity contribution < 1.29 is 4.42 Å². The molecule has 0 fully saturated rings. The Labute approximate surface area is 137 Å². The zero-order chi connectivity index (χ0) is 15.3. The first-order chi connectivity index (χ1) is 10.6. The molecule has 0 aliphatic heterocycles. The predicted octanol–water partition coefficient (Wildman–Crippen LogP) is 6.63. The van der Waals surface area contributed by atoms with E-state index in [1.807, 2.05) is 6.07 Å². The first-order valence-corrected chi connectivity index (χ1v) is 8.12. The number of aryl methyl sites for hydroxylation is 2. The fourth-order valence-electron chi connectivity index (χ4n) is 3.02. The smallest absolute Gasteiger partial charge is 0.139 e. The van der Waals surface area contributed by atoms with Crippen LogP contribution in [0, 0.1) is 13.8 Å². The Bertz CT molecular complexity index is 997. The minimum atomic E-state index is 0.942. The molecule has 0 unspecified atom stereocenters. The van der Waals surface area contributed by atoms with E-state index in [0.717, 1.165) is 21.2 Å². The van der Waals surface area contributed by atoms with Crippen molar-refractivity contribution in [3.05, 3.63) is 70.2 Å². The second kappa shape index (κ2) is 4.99. The Balaban J connectivity index is 2.02. The highest BCUT2D eigenvalue weighted by atomic mass is 79.9. The lowest BCUT2D eigenvalue weighted by molar-refractivity contribution is 0.665. The van der Waals surface area contributed by atoms with Crippen LogP contribution in [0.5, 0.6) is 0 Å². The topological polar surface area (TPSA) is 13.1 Å². The average molecular weight is 351 g/mol. The Kier molecular flexibility index (Phi) is 3.08. The van der Waals surface area contributed by atoms with Gasteiger partial charge in [0.05, 0.1) is 0 Å². The molecule has 2 heteroatoms. The van der Waals surface area contributed by atoms with Crippen LogP contribution in [0.2, 0.25) is 0 Å². The van der Waals surface area contributed by atoms with Gasteiger partial charge in [0.2, 0.25) is 0 Å². The third kappa shape index (κ3) is 1.98. The highest BCUT2D eigenvalue weighted by Gasteiger charge is 2.13. The number of benzene rings is 3. The summed E-state index contributed by atoms with van der Waals surface area (Å²) in [5, 5.41) is 2.36. The molecule has 0 amide bonds. The SMILES string of the molecule is Cc1cc2c(oc3cc(-c4ccccc4)ccc32)c(C)c1Br. The summed E-state index contributed by atoms with van der Waals surface area (Å²) in [6.45, 7) is 4.22. The molecule has 0 atom stereocenters. The highest BCUT2D eigenvalue weighted by molar-refractivity contribution is 9.10. The van der Waals surface area contributed by atoms with Crippen molar-refractivity contribution in [3.8, 4) is 11.1 Å². The van der Waals surface area contributed by atoms with E-state index in [2.05, 4.69) is 78.3 Å². The minimum absolute atomic E-state index is 0.942. The second-order valence-corrected chi connectivity index (χ2v) is 6.48. The van der Waals surface area contributed by atoms with Crippen LogP contribution < -0.4 is 0 Å². The molecule has 1 nitrogen and oxygen atoms in total. The molecule has 0 N–H and O–H groups in total. The van der Waals surface area contributed by atoms with Gasteiger partial charge < -0.3 is 4.42 Å². The van der Waals surface area contributed by atoms with Gasteiger partial charge in [-0.05, 0) is 48.7 Å². The zero-order valence-corrected chi connectivity index (χ0v) is 14.1. The standard InChI is InChI=1S/C20H15BrO/c1-12-10-17-16-9-8-15(14-6-4-3-5-7-14)11-18(16)22-20(17)13(2)19(12)21/h3-11H,1-2H3. The molecular formula is C20H15BrO. The van der Waals surface area contributed by atoms with Crippen LogP contribution in [0.25, 0.3) is 33.1 Å². The second-order valence-electron chi connectivity index (χ2n) is 5.69. The maximum atomic E-state index is 6.15. The summed E-state index contributed by atoms with van der Waals surface area (Å²) in [6, 6.07) is 19.0. The molecule has 4 aromatic rings. The summed E-state index contributed by atoms with van der Waals surface area (Å²) in [6.07, 6.45) is 0. The maximum Gasteiger partial charge on any atom is 0.139 e. The van der Waals surface area contributed by atoms with Crippen LogP contribution in [0.4, 0.5) is 0 Å². The number of hydrogen-bond donors (Lipinski definition) is 0. The summed E-state index contributed by atoms with van der Waals surface area (Å²) in [4.78, 5) is 0. The van der Waals surface area contributed by atoms with Crippen LogP contribution in [-0.4, -0.2) is 0 Å². The highest BCUT2D eigenvalue weighted by Crippen LogP contribution is 2.37. The van der Waals surface area contributed by atoms with E-state index < -0.39 is 0 Å². The molecular weight excluding hydrogens is 336 g/mol. The van der Waals surface area contributed by atoms with Crippen molar-refractivity contribution in [1.29, 1.82) is 0 Å². The number of halogens is 1. The van der Waals surface area contributed by atoms with Crippen molar-refractivity contribution >= 4 is 37.9 Å². The van der Waals surface area contributed by atoms with Gasteiger partial charge in [0.1, 0.15) is 11.2 Å². The Morgan fingerprint density at radius 2 is 1.59 bits per heavy atom. The molecule has 0 saturated carbocycles. The third-order valence-electron chi connectivity index (χ3n) is 4.21. The van der Waals surface area contributed by atoms with Crippen molar-refractivity contribution in [2.75, 3.05) is 0 Å². The summed E-state index contributed by atoms with van der Waals surface area (Å²) >= 11 is 3.65. The molecule has 0 bridgehead atoms. The molecule has 108 valence electrons. The molecule has 0 saturated heterocycles.